The van der Waals surface area contributed by atoms with Crippen LogP contribution in [0.4, 0.5) is 4.79 Å². The summed E-state index contributed by atoms with van der Waals surface area (Å²) in [5.41, 5.74) is 0.356. The predicted octanol–water partition coefficient (Wildman–Crippen LogP) is 6.16. The molecule has 1 aromatic carbocycles. The molecule has 0 heterocycles. The van der Waals surface area contributed by atoms with E-state index in [0.29, 0.717) is 19.4 Å². The Morgan fingerprint density at radius 2 is 1.43 bits per heavy atom. The van der Waals surface area contributed by atoms with Crippen LogP contribution in [0.5, 0.6) is 0 Å². The monoisotopic (exact) mass is 577 g/mol. The van der Waals surface area contributed by atoms with Gasteiger partial charge in [0.15, 0.2) is 8.32 Å². The van der Waals surface area contributed by atoms with Gasteiger partial charge >= 0.3 is 6.09 Å². The number of alkyl carbamates (subject to hydrolysis) is 1. The summed E-state index contributed by atoms with van der Waals surface area (Å²) in [5, 5.41) is 8.73. The molecule has 0 radical (unpaired) electrons. The van der Waals surface area contributed by atoms with Crippen LogP contribution < -0.4 is 16.0 Å². The van der Waals surface area contributed by atoms with Crippen molar-refractivity contribution in [2.45, 2.75) is 131 Å². The Kier molecular flexibility index (Phi) is 13.4. The molecule has 0 aliphatic heterocycles. The first-order valence-electron chi connectivity index (χ1n) is 14.5. The Balaban J connectivity index is 3.05. The molecule has 8 nitrogen and oxygen atoms in total. The number of carbonyl (C=O) groups excluding carboxylic acids is 3. The molecule has 0 saturated heterocycles. The van der Waals surface area contributed by atoms with Crippen molar-refractivity contribution < 1.29 is 23.5 Å². The normalized spacial score (nSPS) is 15.5. The average Bonchev–Trinajstić information content (AvgIpc) is 2.79. The minimum Gasteiger partial charge on any atom is -0.444 e. The average molecular weight is 578 g/mol. The van der Waals surface area contributed by atoms with Crippen molar-refractivity contribution in [2.24, 2.45) is 11.8 Å². The summed E-state index contributed by atoms with van der Waals surface area (Å²) < 4.78 is 12.4. The van der Waals surface area contributed by atoms with E-state index in [2.05, 4.69) is 63.7 Å². The maximum Gasteiger partial charge on any atom is 0.407 e. The number of rotatable bonds is 13. The summed E-state index contributed by atoms with van der Waals surface area (Å²) in [6, 6.07) is 8.60. The fraction of sp³-hybridized carbons (Fsp3) is 0.710. The van der Waals surface area contributed by atoms with Crippen LogP contribution in [-0.2, 0) is 25.3 Å². The van der Waals surface area contributed by atoms with E-state index in [1.165, 1.54) is 0 Å². The fourth-order valence-electron chi connectivity index (χ4n) is 3.94. The van der Waals surface area contributed by atoms with Crippen LogP contribution in [0.1, 0.15) is 87.6 Å². The van der Waals surface area contributed by atoms with Crippen molar-refractivity contribution in [3.8, 4) is 0 Å². The molecule has 3 amide bonds. The van der Waals surface area contributed by atoms with Crippen molar-refractivity contribution in [1.29, 1.82) is 0 Å². The summed E-state index contributed by atoms with van der Waals surface area (Å²) in [6.07, 6.45) is 0.163. The van der Waals surface area contributed by atoms with Gasteiger partial charge < -0.3 is 25.1 Å². The highest BCUT2D eigenvalue weighted by Crippen LogP contribution is 2.39. The standard InChI is InChI=1S/C31H55N3O5Si/c1-21(2)18-25(34-29(37)38-30(5,6)7)26(39-40(11,12)31(8,9)10)19-22(3)27(35)33-23(4)28(36)32-20-24-16-14-13-15-17-24/h13-17,21-23,25-26H,18-20H2,1-12H3,(H,32,36)(H,33,35)(H,34,37)/t22-,23+,25+,26+/m1/s1. The Morgan fingerprint density at radius 3 is 1.93 bits per heavy atom. The zero-order valence-corrected chi connectivity index (χ0v) is 27.9. The van der Waals surface area contributed by atoms with E-state index in [1.807, 2.05) is 58.0 Å². The Hall–Kier alpha value is -2.39. The van der Waals surface area contributed by atoms with Gasteiger partial charge in [0, 0.05) is 12.5 Å². The Bertz CT molecular complexity index is 954. The van der Waals surface area contributed by atoms with E-state index >= 15 is 0 Å². The van der Waals surface area contributed by atoms with Crippen LogP contribution in [0, 0.1) is 11.8 Å². The highest BCUT2D eigenvalue weighted by molar-refractivity contribution is 6.74. The highest BCUT2D eigenvalue weighted by atomic mass is 28.4. The SMILES string of the molecule is CC(C)C[C@H](NC(=O)OC(C)(C)C)[C@H](C[C@@H](C)C(=O)N[C@@H](C)C(=O)NCc1ccccc1)O[Si](C)(C)C(C)(C)C. The van der Waals surface area contributed by atoms with Crippen LogP contribution in [0.25, 0.3) is 0 Å². The van der Waals surface area contributed by atoms with E-state index < -0.39 is 38.1 Å². The van der Waals surface area contributed by atoms with Gasteiger partial charge in [0.25, 0.3) is 0 Å². The van der Waals surface area contributed by atoms with Gasteiger partial charge in [-0.25, -0.2) is 4.79 Å². The van der Waals surface area contributed by atoms with Crippen LogP contribution in [0.3, 0.4) is 0 Å². The molecule has 4 atom stereocenters. The van der Waals surface area contributed by atoms with E-state index in [4.69, 9.17) is 9.16 Å². The second-order valence-corrected chi connectivity index (χ2v) is 18.6. The van der Waals surface area contributed by atoms with Gasteiger partial charge in [-0.2, -0.15) is 0 Å². The van der Waals surface area contributed by atoms with Gasteiger partial charge in [0.1, 0.15) is 11.6 Å². The lowest BCUT2D eigenvalue weighted by Gasteiger charge is -2.42. The number of benzene rings is 1. The lowest BCUT2D eigenvalue weighted by molar-refractivity contribution is -0.131. The molecule has 0 aliphatic carbocycles. The van der Waals surface area contributed by atoms with Crippen molar-refractivity contribution in [2.75, 3.05) is 0 Å². The molecule has 0 aliphatic rings. The number of amides is 3. The van der Waals surface area contributed by atoms with E-state index in [0.717, 1.165) is 5.56 Å². The van der Waals surface area contributed by atoms with Gasteiger partial charge in [-0.3, -0.25) is 9.59 Å². The molecular weight excluding hydrogens is 522 g/mol. The van der Waals surface area contributed by atoms with E-state index in [-0.39, 0.29) is 28.8 Å². The van der Waals surface area contributed by atoms with Gasteiger partial charge in [-0.1, -0.05) is 71.9 Å². The first-order chi connectivity index (χ1) is 18.2. The summed E-state index contributed by atoms with van der Waals surface area (Å²) >= 11 is 0. The van der Waals surface area contributed by atoms with Gasteiger partial charge in [0.2, 0.25) is 11.8 Å². The molecule has 0 unspecified atom stereocenters. The van der Waals surface area contributed by atoms with Gasteiger partial charge in [0.05, 0.1) is 12.1 Å². The molecule has 0 fully saturated rings. The Labute approximate surface area is 243 Å². The molecule has 40 heavy (non-hydrogen) atoms. The van der Waals surface area contributed by atoms with Crippen LogP contribution >= 0.6 is 0 Å². The number of carbonyl (C=O) groups is 3. The lowest BCUT2D eigenvalue weighted by Crippen LogP contribution is -2.54. The summed E-state index contributed by atoms with van der Waals surface area (Å²) in [6.45, 7) is 24.4. The van der Waals surface area contributed by atoms with Crippen molar-refractivity contribution in [3.05, 3.63) is 35.9 Å². The summed E-state index contributed by atoms with van der Waals surface area (Å²) in [4.78, 5) is 38.7. The second-order valence-electron chi connectivity index (χ2n) is 13.9. The van der Waals surface area contributed by atoms with Crippen molar-refractivity contribution >= 4 is 26.2 Å². The third-order valence-electron chi connectivity index (χ3n) is 7.22. The minimum absolute atomic E-state index is 0.0591. The van der Waals surface area contributed by atoms with Crippen LogP contribution in [0.15, 0.2) is 30.3 Å². The number of hydrogen-bond donors (Lipinski definition) is 3. The van der Waals surface area contributed by atoms with Crippen LogP contribution in [0.2, 0.25) is 18.1 Å². The molecular formula is C31H55N3O5Si. The molecule has 0 aromatic heterocycles. The fourth-order valence-corrected chi connectivity index (χ4v) is 5.31. The molecule has 1 rings (SSSR count). The van der Waals surface area contributed by atoms with E-state index in [1.54, 1.807) is 6.92 Å². The molecule has 3 N–H and O–H groups in total. The second kappa shape index (κ2) is 15.0. The maximum atomic E-state index is 13.2. The minimum atomic E-state index is -2.26. The molecule has 0 bridgehead atoms. The topological polar surface area (TPSA) is 106 Å². The van der Waals surface area contributed by atoms with Gasteiger partial charge in [-0.05, 0) is 70.2 Å². The zero-order valence-electron chi connectivity index (χ0n) is 26.9. The lowest BCUT2D eigenvalue weighted by atomic mass is 9.92. The molecule has 0 spiro atoms. The first-order valence-corrected chi connectivity index (χ1v) is 17.4. The van der Waals surface area contributed by atoms with Crippen LogP contribution in [-0.4, -0.2) is 50.0 Å². The smallest absolute Gasteiger partial charge is 0.407 e. The van der Waals surface area contributed by atoms with Crippen molar-refractivity contribution in [1.82, 2.24) is 16.0 Å². The predicted molar refractivity (Wildman–Crippen MR) is 164 cm³/mol. The largest absolute Gasteiger partial charge is 0.444 e. The summed E-state index contributed by atoms with van der Waals surface area (Å²) in [7, 11) is -2.26. The summed E-state index contributed by atoms with van der Waals surface area (Å²) in [5.74, 6) is -0.647. The molecule has 1 aromatic rings. The Morgan fingerprint density at radius 1 is 0.850 bits per heavy atom. The molecule has 0 saturated carbocycles. The maximum absolute atomic E-state index is 13.2. The van der Waals surface area contributed by atoms with Gasteiger partial charge in [-0.15, -0.1) is 0 Å². The third kappa shape index (κ3) is 12.9. The zero-order chi connectivity index (χ0) is 30.9. The van der Waals surface area contributed by atoms with Crippen molar-refractivity contribution in [3.63, 3.8) is 0 Å². The quantitative estimate of drug-likeness (QED) is 0.243. The highest BCUT2D eigenvalue weighted by Gasteiger charge is 2.42. The number of nitrogens with one attached hydrogen (secondary N) is 3. The first kappa shape index (κ1) is 35.6. The molecule has 228 valence electrons. The number of hydrogen-bond acceptors (Lipinski definition) is 5. The van der Waals surface area contributed by atoms with E-state index in [9.17, 15) is 14.4 Å². The molecule has 9 heteroatoms. The number of ether oxygens (including phenoxy) is 1. The third-order valence-corrected chi connectivity index (χ3v) is 11.7.